The van der Waals surface area contributed by atoms with Crippen molar-refractivity contribution in [1.29, 1.82) is 0 Å². The van der Waals surface area contributed by atoms with Crippen molar-refractivity contribution in [3.63, 3.8) is 0 Å². The second kappa shape index (κ2) is 5.68. The third kappa shape index (κ3) is 3.83. The molecule has 0 aliphatic carbocycles. The zero-order chi connectivity index (χ0) is 14.0. The van der Waals surface area contributed by atoms with Gasteiger partial charge in [-0.15, -0.1) is 0 Å². The smallest absolute Gasteiger partial charge is 0.0461 e. The highest BCUT2D eigenvalue weighted by atomic mass is 79.9. The Morgan fingerprint density at radius 3 is 2.58 bits per heavy atom. The van der Waals surface area contributed by atoms with Crippen LogP contribution in [0.25, 0.3) is 0 Å². The van der Waals surface area contributed by atoms with Crippen molar-refractivity contribution < 1.29 is 0 Å². The van der Waals surface area contributed by atoms with E-state index in [2.05, 4.69) is 59.8 Å². The van der Waals surface area contributed by atoms with Gasteiger partial charge in [-0.05, 0) is 45.5 Å². The first-order chi connectivity index (χ1) is 8.86. The number of benzene rings is 1. The van der Waals surface area contributed by atoms with Gasteiger partial charge in [0, 0.05) is 29.8 Å². The Hall–Kier alpha value is -0.800. The number of anilines is 1. The largest absolute Gasteiger partial charge is 0.398 e. The van der Waals surface area contributed by atoms with Crippen LogP contribution in [0, 0.1) is 5.41 Å². The Morgan fingerprint density at radius 1 is 1.32 bits per heavy atom. The molecule has 0 aromatic heterocycles. The van der Waals surface area contributed by atoms with Gasteiger partial charge in [0.15, 0.2) is 0 Å². The van der Waals surface area contributed by atoms with E-state index in [9.17, 15) is 0 Å². The maximum absolute atomic E-state index is 5.93. The van der Waals surface area contributed by atoms with E-state index >= 15 is 0 Å². The molecule has 0 radical (unpaired) electrons. The monoisotopic (exact) mass is 322 g/mol. The minimum atomic E-state index is 0.314. The van der Waals surface area contributed by atoms with E-state index in [0.29, 0.717) is 5.41 Å². The molecule has 0 spiro atoms. The summed E-state index contributed by atoms with van der Waals surface area (Å²) >= 11 is 3.44. The standard InChI is InChI=1S/C16H23BrN2/c1-16(2,3)13-6-8-19(9-7-13)11-12-4-5-14(17)15(18)10-12/h4-6,10H,7-9,11,18H2,1-3H3. The molecule has 0 atom stereocenters. The van der Waals surface area contributed by atoms with E-state index < -0.39 is 0 Å². The Kier molecular flexibility index (Phi) is 4.36. The SMILES string of the molecule is CC(C)(C)C1=CCN(Cc2ccc(Br)c(N)c2)CC1. The molecule has 2 rings (SSSR count). The number of hydrogen-bond acceptors (Lipinski definition) is 2. The summed E-state index contributed by atoms with van der Waals surface area (Å²) in [5.74, 6) is 0. The van der Waals surface area contributed by atoms with Crippen LogP contribution >= 0.6 is 15.9 Å². The molecule has 1 aromatic rings. The number of nitrogens with two attached hydrogens (primary N) is 1. The van der Waals surface area contributed by atoms with Gasteiger partial charge in [-0.25, -0.2) is 0 Å². The van der Waals surface area contributed by atoms with Crippen LogP contribution in [0.1, 0.15) is 32.8 Å². The predicted octanol–water partition coefficient (Wildman–Crippen LogP) is 4.21. The van der Waals surface area contributed by atoms with E-state index in [4.69, 9.17) is 5.73 Å². The summed E-state index contributed by atoms with van der Waals surface area (Å²) in [6, 6.07) is 6.24. The third-order valence-electron chi connectivity index (χ3n) is 3.72. The highest BCUT2D eigenvalue weighted by Gasteiger charge is 2.21. The van der Waals surface area contributed by atoms with E-state index in [0.717, 1.165) is 29.8 Å². The molecule has 104 valence electrons. The second-order valence-electron chi connectivity index (χ2n) is 6.32. The molecule has 2 N–H and O–H groups in total. The highest BCUT2D eigenvalue weighted by Crippen LogP contribution is 2.30. The molecule has 0 amide bonds. The van der Waals surface area contributed by atoms with Crippen LogP contribution in [-0.4, -0.2) is 18.0 Å². The zero-order valence-electron chi connectivity index (χ0n) is 12.0. The fourth-order valence-electron chi connectivity index (χ4n) is 2.49. The summed E-state index contributed by atoms with van der Waals surface area (Å²) in [6.45, 7) is 10.0. The van der Waals surface area contributed by atoms with Gasteiger partial charge in [0.25, 0.3) is 0 Å². The van der Waals surface area contributed by atoms with E-state index in [-0.39, 0.29) is 0 Å². The summed E-state index contributed by atoms with van der Waals surface area (Å²) in [6.07, 6.45) is 3.57. The first-order valence-electron chi connectivity index (χ1n) is 6.82. The number of rotatable bonds is 2. The van der Waals surface area contributed by atoms with Crippen LogP contribution in [0.3, 0.4) is 0 Å². The van der Waals surface area contributed by atoms with Crippen molar-refractivity contribution in [1.82, 2.24) is 4.90 Å². The summed E-state index contributed by atoms with van der Waals surface area (Å²) in [5.41, 5.74) is 9.93. The highest BCUT2D eigenvalue weighted by molar-refractivity contribution is 9.10. The lowest BCUT2D eigenvalue weighted by molar-refractivity contribution is 0.271. The maximum Gasteiger partial charge on any atom is 0.0461 e. The van der Waals surface area contributed by atoms with Gasteiger partial charge in [0.1, 0.15) is 0 Å². The summed E-state index contributed by atoms with van der Waals surface area (Å²) in [5, 5.41) is 0. The maximum atomic E-state index is 5.93. The number of nitrogens with zero attached hydrogens (tertiary/aromatic N) is 1. The van der Waals surface area contributed by atoms with Gasteiger partial charge in [0.2, 0.25) is 0 Å². The topological polar surface area (TPSA) is 29.3 Å². The van der Waals surface area contributed by atoms with E-state index in [1.165, 1.54) is 12.0 Å². The molecule has 2 nitrogen and oxygen atoms in total. The molecule has 1 heterocycles. The molecule has 0 bridgehead atoms. The van der Waals surface area contributed by atoms with Gasteiger partial charge in [-0.1, -0.05) is 38.5 Å². The summed E-state index contributed by atoms with van der Waals surface area (Å²) in [4.78, 5) is 2.47. The molecule has 1 aliphatic rings. The van der Waals surface area contributed by atoms with Crippen LogP contribution in [-0.2, 0) is 6.54 Å². The molecule has 0 fully saturated rings. The number of hydrogen-bond donors (Lipinski definition) is 1. The summed E-state index contributed by atoms with van der Waals surface area (Å²) in [7, 11) is 0. The normalized spacial score (nSPS) is 17.4. The average Bonchev–Trinajstić information content (AvgIpc) is 2.33. The molecular formula is C16H23BrN2. The Morgan fingerprint density at radius 2 is 2.05 bits per heavy atom. The molecule has 0 saturated heterocycles. The van der Waals surface area contributed by atoms with Crippen LogP contribution in [0.15, 0.2) is 34.3 Å². The van der Waals surface area contributed by atoms with E-state index in [1.54, 1.807) is 5.57 Å². The van der Waals surface area contributed by atoms with Crippen molar-refractivity contribution in [2.24, 2.45) is 5.41 Å². The second-order valence-corrected chi connectivity index (χ2v) is 7.17. The fourth-order valence-corrected chi connectivity index (χ4v) is 2.73. The zero-order valence-corrected chi connectivity index (χ0v) is 13.6. The molecule has 1 aliphatic heterocycles. The van der Waals surface area contributed by atoms with Crippen molar-refractivity contribution in [3.8, 4) is 0 Å². The Balaban J connectivity index is 1.99. The summed E-state index contributed by atoms with van der Waals surface area (Å²) < 4.78 is 0.977. The molecule has 3 heteroatoms. The minimum absolute atomic E-state index is 0.314. The van der Waals surface area contributed by atoms with Crippen molar-refractivity contribution >= 4 is 21.6 Å². The average molecular weight is 323 g/mol. The third-order valence-corrected chi connectivity index (χ3v) is 4.45. The van der Waals surface area contributed by atoms with Crippen LogP contribution in [0.5, 0.6) is 0 Å². The van der Waals surface area contributed by atoms with Crippen molar-refractivity contribution in [2.75, 3.05) is 18.8 Å². The quantitative estimate of drug-likeness (QED) is 0.652. The molecule has 19 heavy (non-hydrogen) atoms. The number of nitrogen functional groups attached to an aromatic ring is 1. The lowest BCUT2D eigenvalue weighted by atomic mass is 9.83. The van der Waals surface area contributed by atoms with Crippen LogP contribution < -0.4 is 5.73 Å². The molecule has 1 aromatic carbocycles. The van der Waals surface area contributed by atoms with Gasteiger partial charge in [-0.2, -0.15) is 0 Å². The lowest BCUT2D eigenvalue weighted by Gasteiger charge is -2.32. The predicted molar refractivity (Wildman–Crippen MR) is 86.0 cm³/mol. The van der Waals surface area contributed by atoms with Crippen molar-refractivity contribution in [2.45, 2.75) is 33.7 Å². The minimum Gasteiger partial charge on any atom is -0.398 e. The molecule has 0 unspecified atom stereocenters. The Bertz CT molecular complexity index is 486. The van der Waals surface area contributed by atoms with Gasteiger partial charge >= 0.3 is 0 Å². The lowest BCUT2D eigenvalue weighted by Crippen LogP contribution is -2.30. The number of halogens is 1. The van der Waals surface area contributed by atoms with Gasteiger partial charge in [-0.3, -0.25) is 4.90 Å². The molecular weight excluding hydrogens is 300 g/mol. The van der Waals surface area contributed by atoms with Gasteiger partial charge < -0.3 is 5.73 Å². The van der Waals surface area contributed by atoms with E-state index in [1.807, 2.05) is 6.07 Å². The first kappa shape index (κ1) is 14.6. The molecule has 0 saturated carbocycles. The van der Waals surface area contributed by atoms with Crippen LogP contribution in [0.4, 0.5) is 5.69 Å². The first-order valence-corrected chi connectivity index (χ1v) is 7.61. The Labute approximate surface area is 124 Å². The van der Waals surface area contributed by atoms with Gasteiger partial charge in [0.05, 0.1) is 0 Å². The fraction of sp³-hybridized carbons (Fsp3) is 0.500. The van der Waals surface area contributed by atoms with Crippen molar-refractivity contribution in [3.05, 3.63) is 39.9 Å². The van der Waals surface area contributed by atoms with Crippen LogP contribution in [0.2, 0.25) is 0 Å².